The van der Waals surface area contributed by atoms with Gasteiger partial charge in [0.1, 0.15) is 11.3 Å². The van der Waals surface area contributed by atoms with Gasteiger partial charge in [0.05, 0.1) is 4.90 Å². The number of nitrogens with zero attached hydrogens (tertiary/aromatic N) is 2. The van der Waals surface area contributed by atoms with Crippen LogP contribution in [0.5, 0.6) is 5.75 Å². The highest BCUT2D eigenvalue weighted by atomic mass is 32.2. The number of carbonyl (C=O) groups is 1. The summed E-state index contributed by atoms with van der Waals surface area (Å²) in [4.78, 5) is 13.1. The summed E-state index contributed by atoms with van der Waals surface area (Å²) in [6.07, 6.45) is 0. The second-order valence-electron chi connectivity index (χ2n) is 7.05. The van der Waals surface area contributed by atoms with E-state index in [4.69, 9.17) is 5.11 Å². The second kappa shape index (κ2) is 8.20. The minimum absolute atomic E-state index is 0.330. The van der Waals surface area contributed by atoms with Crippen molar-refractivity contribution in [3.05, 3.63) is 89.9 Å². The highest BCUT2D eigenvalue weighted by molar-refractivity contribution is 7.89. The largest absolute Gasteiger partial charge is 0.507 e. The Labute approximate surface area is 183 Å². The molecule has 0 atom stereocenters. The topological polar surface area (TPSA) is 121 Å². The number of hydrogen-bond acceptors (Lipinski definition) is 5. The van der Waals surface area contributed by atoms with Crippen molar-refractivity contribution in [3.8, 4) is 16.9 Å². The molecule has 0 spiro atoms. The predicted octanol–water partition coefficient (Wildman–Crippen LogP) is 3.04. The zero-order chi connectivity index (χ0) is 22.9. The number of benzene rings is 3. The molecule has 0 aliphatic rings. The summed E-state index contributed by atoms with van der Waals surface area (Å²) in [6.45, 7) is 0. The van der Waals surface area contributed by atoms with Crippen molar-refractivity contribution >= 4 is 26.9 Å². The van der Waals surface area contributed by atoms with Gasteiger partial charge in [0.25, 0.3) is 10.0 Å². The molecular weight excluding hydrogens is 430 g/mol. The van der Waals surface area contributed by atoms with E-state index in [-0.39, 0.29) is 4.90 Å². The van der Waals surface area contributed by atoms with Crippen molar-refractivity contribution in [2.24, 2.45) is 12.1 Å². The molecule has 1 heterocycles. The lowest BCUT2D eigenvalue weighted by Crippen LogP contribution is -2.26. The number of aromatic carboxylic acids is 1. The van der Waals surface area contributed by atoms with Crippen LogP contribution < -0.4 is 10.3 Å². The Hall–Kier alpha value is -4.11. The molecule has 4 aromatic rings. The average molecular weight is 449 g/mol. The monoisotopic (exact) mass is 449 g/mol. The maximum Gasteiger partial charge on any atom is 0.339 e. The van der Waals surface area contributed by atoms with Gasteiger partial charge in [-0.25, -0.2) is 4.79 Å². The number of hydrogen-bond donors (Lipinski definition) is 3. The van der Waals surface area contributed by atoms with E-state index in [2.05, 4.69) is 9.93 Å². The molecule has 3 aromatic carbocycles. The van der Waals surface area contributed by atoms with E-state index in [1.165, 1.54) is 0 Å². The number of aryl methyl sites for hydroxylation is 1. The van der Waals surface area contributed by atoms with Crippen molar-refractivity contribution in [3.63, 3.8) is 0 Å². The van der Waals surface area contributed by atoms with Gasteiger partial charge in [0.15, 0.2) is 5.49 Å². The Kier molecular flexibility index (Phi) is 5.41. The summed E-state index contributed by atoms with van der Waals surface area (Å²) in [5, 5.41) is 23.9. The first-order chi connectivity index (χ1) is 15.3. The molecule has 0 radical (unpaired) electrons. The van der Waals surface area contributed by atoms with Gasteiger partial charge >= 0.3 is 5.97 Å². The van der Waals surface area contributed by atoms with Gasteiger partial charge < -0.3 is 14.8 Å². The Morgan fingerprint density at radius 3 is 2.38 bits per heavy atom. The fourth-order valence-corrected chi connectivity index (χ4v) is 4.24. The third-order valence-electron chi connectivity index (χ3n) is 5.05. The van der Waals surface area contributed by atoms with Crippen LogP contribution in [0, 0.1) is 0 Å². The van der Waals surface area contributed by atoms with Crippen LogP contribution in [0.3, 0.4) is 0 Å². The average Bonchev–Trinajstić information content (AvgIpc) is 2.79. The van der Waals surface area contributed by atoms with Crippen molar-refractivity contribution in [1.29, 1.82) is 0 Å². The highest BCUT2D eigenvalue weighted by Crippen LogP contribution is 2.26. The summed E-state index contributed by atoms with van der Waals surface area (Å²) in [5.74, 6) is -1.97. The zero-order valence-electron chi connectivity index (χ0n) is 16.9. The molecule has 1 aromatic heterocycles. The molecule has 0 fully saturated rings. The SMILES string of the molecule is Cn1/c(=N/NS(=O)(=O)c2ccc(O)c(C(=O)O)c2)cc(-c2ccccc2)c2ccccc21. The van der Waals surface area contributed by atoms with E-state index in [0.717, 1.165) is 40.2 Å². The molecule has 0 saturated carbocycles. The number of aromatic hydroxyl groups is 1. The van der Waals surface area contributed by atoms with E-state index >= 15 is 0 Å². The van der Waals surface area contributed by atoms with Gasteiger partial charge in [0, 0.05) is 18.0 Å². The van der Waals surface area contributed by atoms with Gasteiger partial charge in [0.2, 0.25) is 0 Å². The number of aromatic nitrogens is 1. The van der Waals surface area contributed by atoms with Crippen molar-refractivity contribution in [1.82, 2.24) is 9.40 Å². The lowest BCUT2D eigenvalue weighted by atomic mass is 10.0. The van der Waals surface area contributed by atoms with E-state index in [1.54, 1.807) is 17.7 Å². The minimum atomic E-state index is -4.18. The normalized spacial score (nSPS) is 12.1. The van der Waals surface area contributed by atoms with E-state index < -0.39 is 27.3 Å². The molecule has 32 heavy (non-hydrogen) atoms. The minimum Gasteiger partial charge on any atom is -0.507 e. The van der Waals surface area contributed by atoms with Gasteiger partial charge in [-0.3, -0.25) is 0 Å². The quantitative estimate of drug-likeness (QED) is 0.405. The number of carboxylic acids is 1. The highest BCUT2D eigenvalue weighted by Gasteiger charge is 2.18. The third-order valence-corrected chi connectivity index (χ3v) is 6.25. The van der Waals surface area contributed by atoms with E-state index in [9.17, 15) is 18.3 Å². The summed E-state index contributed by atoms with van der Waals surface area (Å²) in [5.41, 5.74) is 2.52. The Balaban J connectivity index is 1.84. The fraction of sp³-hybridized carbons (Fsp3) is 0.0435. The number of fused-ring (bicyclic) bond motifs is 1. The van der Waals surface area contributed by atoms with Crippen molar-refractivity contribution in [2.75, 3.05) is 0 Å². The Bertz CT molecular complexity index is 1510. The number of sulfonamides is 1. The maximum absolute atomic E-state index is 12.7. The molecule has 9 heteroatoms. The molecule has 0 aliphatic carbocycles. The van der Waals surface area contributed by atoms with Crippen LogP contribution in [0.4, 0.5) is 0 Å². The molecule has 0 saturated heterocycles. The standard InChI is InChI=1S/C23H19N3O5S/c1-26-20-10-6-5-9-17(20)18(15-7-3-2-4-8-15)14-22(26)24-25-32(30,31)16-11-12-21(27)19(13-16)23(28)29/h2-14,25,27H,1H3,(H,28,29)/b24-22+. The first-order valence-corrected chi connectivity index (χ1v) is 11.0. The van der Waals surface area contributed by atoms with Crippen LogP contribution in [0.25, 0.3) is 22.0 Å². The molecule has 0 bridgehead atoms. The molecular formula is C23H19N3O5S. The maximum atomic E-state index is 12.7. The van der Waals surface area contributed by atoms with Crippen LogP contribution >= 0.6 is 0 Å². The first kappa shape index (κ1) is 21.1. The van der Waals surface area contributed by atoms with E-state index in [1.807, 2.05) is 54.6 Å². The van der Waals surface area contributed by atoms with Crippen LogP contribution in [-0.2, 0) is 17.1 Å². The molecule has 0 aliphatic heterocycles. The van der Waals surface area contributed by atoms with Gasteiger partial charge in [-0.1, -0.05) is 48.5 Å². The lowest BCUT2D eigenvalue weighted by Gasteiger charge is -2.12. The van der Waals surface area contributed by atoms with Gasteiger partial charge in [-0.2, -0.15) is 13.2 Å². The number of carboxylic acid groups (broad SMARTS) is 1. The Morgan fingerprint density at radius 1 is 0.969 bits per heavy atom. The summed E-state index contributed by atoms with van der Waals surface area (Å²) in [6, 6.07) is 22.2. The number of para-hydroxylation sites is 1. The molecule has 3 N–H and O–H groups in total. The molecule has 4 rings (SSSR count). The number of rotatable bonds is 5. The summed E-state index contributed by atoms with van der Waals surface area (Å²) >= 11 is 0. The first-order valence-electron chi connectivity index (χ1n) is 9.54. The fourth-order valence-electron chi connectivity index (χ4n) is 3.40. The molecule has 0 unspecified atom stereocenters. The van der Waals surface area contributed by atoms with Gasteiger partial charge in [-0.05, 0) is 41.5 Å². The second-order valence-corrected chi connectivity index (χ2v) is 8.71. The zero-order valence-corrected chi connectivity index (χ0v) is 17.7. The van der Waals surface area contributed by atoms with Crippen LogP contribution in [0.2, 0.25) is 0 Å². The van der Waals surface area contributed by atoms with Gasteiger partial charge in [-0.15, -0.1) is 5.10 Å². The van der Waals surface area contributed by atoms with E-state index in [0.29, 0.717) is 5.49 Å². The summed E-state index contributed by atoms with van der Waals surface area (Å²) in [7, 11) is -2.41. The Morgan fingerprint density at radius 2 is 1.66 bits per heavy atom. The number of nitrogens with one attached hydrogen (secondary N) is 1. The smallest absolute Gasteiger partial charge is 0.339 e. The lowest BCUT2D eigenvalue weighted by molar-refractivity contribution is 0.0693. The van der Waals surface area contributed by atoms with Crippen LogP contribution in [-0.4, -0.2) is 29.2 Å². The molecule has 162 valence electrons. The van der Waals surface area contributed by atoms with Crippen molar-refractivity contribution < 1.29 is 23.4 Å². The van der Waals surface area contributed by atoms with Crippen LogP contribution in [0.1, 0.15) is 10.4 Å². The third kappa shape index (κ3) is 3.93. The number of phenols is 1. The van der Waals surface area contributed by atoms with Crippen molar-refractivity contribution in [2.45, 2.75) is 4.90 Å². The number of pyridine rings is 1. The molecule has 0 amide bonds. The molecule has 8 nitrogen and oxygen atoms in total. The predicted molar refractivity (Wildman–Crippen MR) is 119 cm³/mol. The van der Waals surface area contributed by atoms with Crippen LogP contribution in [0.15, 0.2) is 88.9 Å². The summed E-state index contributed by atoms with van der Waals surface area (Å²) < 4.78 is 27.2.